The number of nitrogens with zero attached hydrogens (tertiary/aromatic N) is 3. The predicted molar refractivity (Wildman–Crippen MR) is 135 cm³/mol. The Labute approximate surface area is 208 Å². The summed E-state index contributed by atoms with van der Waals surface area (Å²) in [6.45, 7) is 1.29. The lowest BCUT2D eigenvalue weighted by atomic mass is 9.90. The first-order chi connectivity index (χ1) is 17.1. The first-order valence-electron chi connectivity index (χ1n) is 11.5. The minimum Gasteiger partial charge on any atom is -0.497 e. The van der Waals surface area contributed by atoms with Crippen molar-refractivity contribution in [2.75, 3.05) is 19.0 Å². The number of fused-ring (bicyclic) bond motifs is 1. The molecule has 9 heteroatoms. The van der Waals surface area contributed by atoms with Gasteiger partial charge in [-0.15, -0.1) is 0 Å². The number of aromatic nitrogens is 2. The first-order valence-corrected chi connectivity index (χ1v) is 11.9. The van der Waals surface area contributed by atoms with E-state index in [9.17, 15) is 9.18 Å². The van der Waals surface area contributed by atoms with Crippen LogP contribution in [-0.4, -0.2) is 50.5 Å². The molecule has 3 aromatic rings. The lowest BCUT2D eigenvalue weighted by Gasteiger charge is -2.39. The van der Waals surface area contributed by atoms with E-state index in [0.29, 0.717) is 49.8 Å². The van der Waals surface area contributed by atoms with Gasteiger partial charge in [0.25, 0.3) is 5.91 Å². The Morgan fingerprint density at radius 2 is 1.97 bits per heavy atom. The second kappa shape index (κ2) is 10.00. The van der Waals surface area contributed by atoms with Gasteiger partial charge in [-0.3, -0.25) is 14.6 Å². The normalized spacial score (nSPS) is 20.2. The molecule has 1 aromatic heterocycles. The molecule has 0 aliphatic carbocycles. The molecular formula is C26H26FN5O2S. The summed E-state index contributed by atoms with van der Waals surface area (Å²) < 4.78 is 19.8. The molecule has 5 rings (SSSR count). The van der Waals surface area contributed by atoms with Crippen LogP contribution in [0.1, 0.15) is 46.1 Å². The fourth-order valence-corrected chi connectivity index (χ4v) is 5.02. The summed E-state index contributed by atoms with van der Waals surface area (Å²) in [6.07, 6.45) is 1.81. The maximum atomic E-state index is 14.5. The monoisotopic (exact) mass is 491 g/mol. The maximum Gasteiger partial charge on any atom is 0.280 e. The maximum absolute atomic E-state index is 14.5. The second-order valence-electron chi connectivity index (χ2n) is 8.76. The zero-order valence-electron chi connectivity index (χ0n) is 19.3. The van der Waals surface area contributed by atoms with Crippen molar-refractivity contribution in [1.82, 2.24) is 19.8 Å². The molecule has 1 saturated heterocycles. The Bertz CT molecular complexity index is 1270. The summed E-state index contributed by atoms with van der Waals surface area (Å²) in [5.41, 5.74) is 3.54. The Balaban J connectivity index is 1.43. The Kier molecular flexibility index (Phi) is 6.63. The number of likely N-dealkylation sites (tertiary alicyclic amines) is 1. The molecule has 0 saturated carbocycles. The lowest BCUT2D eigenvalue weighted by molar-refractivity contribution is 0.0749. The van der Waals surface area contributed by atoms with Crippen molar-refractivity contribution >= 4 is 29.0 Å². The number of piperidine rings is 1. The highest BCUT2D eigenvalue weighted by atomic mass is 32.1. The average molecular weight is 492 g/mol. The van der Waals surface area contributed by atoms with Gasteiger partial charge in [0, 0.05) is 19.1 Å². The van der Waals surface area contributed by atoms with Crippen LogP contribution >= 0.6 is 12.2 Å². The number of H-pyrrole nitrogens is 1. The van der Waals surface area contributed by atoms with Crippen molar-refractivity contribution in [3.05, 3.63) is 83.1 Å². The Morgan fingerprint density at radius 3 is 2.74 bits per heavy atom. The van der Waals surface area contributed by atoms with E-state index >= 15 is 0 Å². The number of imidazole rings is 1. The first kappa shape index (κ1) is 23.2. The van der Waals surface area contributed by atoms with Crippen LogP contribution in [0, 0.1) is 0 Å². The molecule has 2 unspecified atom stereocenters. The summed E-state index contributed by atoms with van der Waals surface area (Å²) in [6, 6.07) is 15.9. The number of amides is 1. The number of ether oxygens (including phenoxy) is 1. The van der Waals surface area contributed by atoms with Gasteiger partial charge in [0.05, 0.1) is 20.0 Å². The molecule has 2 aromatic carbocycles. The summed E-state index contributed by atoms with van der Waals surface area (Å²) in [5.74, 6) is 1.40. The number of aromatic amines is 1. The van der Waals surface area contributed by atoms with Gasteiger partial charge < -0.3 is 15.0 Å². The number of hydrogen-bond acceptors (Lipinski definition) is 6. The minimum absolute atomic E-state index is 0.0239. The topological polar surface area (TPSA) is 73.5 Å². The van der Waals surface area contributed by atoms with E-state index in [1.165, 1.54) is 6.33 Å². The molecule has 180 valence electrons. The Morgan fingerprint density at radius 1 is 1.17 bits per heavy atom. The Hall–Kier alpha value is -3.52. The van der Waals surface area contributed by atoms with Gasteiger partial charge >= 0.3 is 0 Å². The van der Waals surface area contributed by atoms with E-state index < -0.39 is 6.17 Å². The van der Waals surface area contributed by atoms with Crippen LogP contribution in [0.4, 0.5) is 10.2 Å². The van der Waals surface area contributed by atoms with E-state index in [-0.39, 0.29) is 11.9 Å². The highest BCUT2D eigenvalue weighted by molar-refractivity contribution is 7.78. The predicted octanol–water partition coefficient (Wildman–Crippen LogP) is 4.60. The third-order valence-corrected chi connectivity index (χ3v) is 6.81. The van der Waals surface area contributed by atoms with E-state index in [4.69, 9.17) is 17.0 Å². The molecule has 1 fully saturated rings. The van der Waals surface area contributed by atoms with Crippen LogP contribution in [0.3, 0.4) is 0 Å². The number of halogens is 1. The number of methoxy groups -OCH3 is 1. The zero-order valence-corrected chi connectivity index (χ0v) is 20.1. The van der Waals surface area contributed by atoms with E-state index in [0.717, 1.165) is 22.4 Å². The van der Waals surface area contributed by atoms with Crippen LogP contribution in [-0.2, 0) is 13.1 Å². The van der Waals surface area contributed by atoms with Gasteiger partial charge in [0.2, 0.25) is 0 Å². The van der Waals surface area contributed by atoms with Crippen molar-refractivity contribution in [1.29, 1.82) is 0 Å². The minimum atomic E-state index is -0.868. The number of nitrogens with one attached hydrogen (secondary N) is 2. The van der Waals surface area contributed by atoms with Crippen molar-refractivity contribution < 1.29 is 13.9 Å². The highest BCUT2D eigenvalue weighted by Crippen LogP contribution is 2.36. The van der Waals surface area contributed by atoms with Crippen molar-refractivity contribution in [3.8, 4) is 5.75 Å². The molecule has 3 heterocycles. The fraction of sp³-hybridized carbons (Fsp3) is 0.308. The number of benzene rings is 2. The third kappa shape index (κ3) is 4.71. The summed E-state index contributed by atoms with van der Waals surface area (Å²) in [7, 11) is 1.64. The summed E-state index contributed by atoms with van der Waals surface area (Å²) in [5, 5.41) is 5.74. The number of alkyl halides is 1. The molecule has 2 aliphatic rings. The molecule has 0 radical (unpaired) electrons. The van der Waals surface area contributed by atoms with Gasteiger partial charge in [0.1, 0.15) is 17.6 Å². The van der Waals surface area contributed by atoms with E-state index in [1.54, 1.807) is 12.0 Å². The number of carbonyl (C=O) groups is 1. The van der Waals surface area contributed by atoms with Crippen LogP contribution in [0.2, 0.25) is 0 Å². The van der Waals surface area contributed by atoms with Crippen molar-refractivity contribution in [2.45, 2.75) is 38.1 Å². The molecule has 0 spiro atoms. The molecule has 2 aliphatic heterocycles. The number of hydrogen-bond donors (Lipinski definition) is 2. The number of rotatable bonds is 6. The van der Waals surface area contributed by atoms with Gasteiger partial charge in [-0.25, -0.2) is 9.37 Å². The fourth-order valence-electron chi connectivity index (χ4n) is 4.86. The molecule has 2 atom stereocenters. The van der Waals surface area contributed by atoms with Gasteiger partial charge in [-0.05, 0) is 58.9 Å². The lowest BCUT2D eigenvalue weighted by Crippen LogP contribution is -2.40. The SMILES string of the molecule is COc1ccc(CN2CC(F)CCC2c2ccccc2CN2C(=O)c3[nH]cnc3NC2=C=S)cc1. The molecule has 7 nitrogen and oxygen atoms in total. The second-order valence-corrected chi connectivity index (χ2v) is 8.96. The van der Waals surface area contributed by atoms with Crippen LogP contribution in [0.15, 0.2) is 60.7 Å². The van der Waals surface area contributed by atoms with Crippen LogP contribution in [0.25, 0.3) is 0 Å². The standard InChI is InChI=1S/C26H26FN5O2S/c1-34-20-9-6-17(7-10-20)12-31-14-19(27)8-11-22(31)21-5-3-2-4-18(21)13-32-23(15-35)30-25-24(26(32)33)28-16-29-25/h2-7,9-10,16,19,22,30H,8,11-14H2,1H3,(H,28,29). The summed E-state index contributed by atoms with van der Waals surface area (Å²) in [4.78, 5) is 24.0. The number of carbonyl (C=O) groups excluding carboxylic acids is 1. The third-order valence-electron chi connectivity index (χ3n) is 6.62. The summed E-state index contributed by atoms with van der Waals surface area (Å²) >= 11 is 5.06. The van der Waals surface area contributed by atoms with Gasteiger partial charge in [-0.2, -0.15) is 0 Å². The van der Waals surface area contributed by atoms with Crippen molar-refractivity contribution in [3.63, 3.8) is 0 Å². The zero-order chi connectivity index (χ0) is 24.4. The highest BCUT2D eigenvalue weighted by Gasteiger charge is 2.34. The molecular weight excluding hydrogens is 465 g/mol. The van der Waals surface area contributed by atoms with Crippen LogP contribution in [0.5, 0.6) is 5.75 Å². The molecule has 0 bridgehead atoms. The molecule has 2 N–H and O–H groups in total. The molecule has 35 heavy (non-hydrogen) atoms. The number of anilines is 1. The van der Waals surface area contributed by atoms with Gasteiger partial charge in [0.15, 0.2) is 11.6 Å². The van der Waals surface area contributed by atoms with Crippen LogP contribution < -0.4 is 10.1 Å². The number of thiocarbonyl (C=S) groups is 1. The van der Waals surface area contributed by atoms with E-state index in [2.05, 4.69) is 31.3 Å². The van der Waals surface area contributed by atoms with Crippen molar-refractivity contribution in [2.24, 2.45) is 0 Å². The quantitative estimate of drug-likeness (QED) is 0.491. The smallest absolute Gasteiger partial charge is 0.280 e. The van der Waals surface area contributed by atoms with E-state index in [1.807, 2.05) is 42.5 Å². The largest absolute Gasteiger partial charge is 0.497 e. The van der Waals surface area contributed by atoms with Gasteiger partial charge in [-0.1, -0.05) is 36.4 Å². The molecule has 1 amide bonds. The average Bonchev–Trinajstić information content (AvgIpc) is 3.36.